The third-order valence-electron chi connectivity index (χ3n) is 7.50. The number of aryl methyl sites for hydroxylation is 2. The molecule has 0 spiro atoms. The molecule has 196 valence electrons. The lowest BCUT2D eigenvalue weighted by Gasteiger charge is -2.35. The van der Waals surface area contributed by atoms with Crippen LogP contribution in [0.1, 0.15) is 71.5 Å². The molecule has 0 aromatic carbocycles. The van der Waals surface area contributed by atoms with Gasteiger partial charge in [0.15, 0.2) is 0 Å². The van der Waals surface area contributed by atoms with E-state index in [1.165, 1.54) is 0 Å². The number of aromatic nitrogens is 2. The summed E-state index contributed by atoms with van der Waals surface area (Å²) in [5, 5.41) is 3.03. The highest BCUT2D eigenvalue weighted by Gasteiger charge is 2.36. The lowest BCUT2D eigenvalue weighted by molar-refractivity contribution is -0.134. The number of carbonyl (C=O) groups excluding carboxylic acids is 1. The Labute approximate surface area is 209 Å². The van der Waals surface area contributed by atoms with Gasteiger partial charge in [0.25, 0.3) is 5.91 Å². The maximum atomic E-state index is 15.6. The van der Waals surface area contributed by atoms with Gasteiger partial charge < -0.3 is 10.2 Å². The van der Waals surface area contributed by atoms with Crippen LogP contribution in [0, 0.1) is 6.92 Å². The quantitative estimate of drug-likeness (QED) is 0.528. The van der Waals surface area contributed by atoms with Crippen LogP contribution < -0.4 is 5.32 Å². The minimum Gasteiger partial charge on any atom is -0.349 e. The van der Waals surface area contributed by atoms with Gasteiger partial charge in [-0.2, -0.15) is 13.2 Å². The molecule has 1 aliphatic heterocycles. The third-order valence-corrected chi connectivity index (χ3v) is 7.50. The van der Waals surface area contributed by atoms with Crippen LogP contribution in [0.25, 0.3) is 0 Å². The average molecular weight is 507 g/mol. The predicted octanol–water partition coefficient (Wildman–Crippen LogP) is 5.15. The largest absolute Gasteiger partial charge is 0.389 e. The highest BCUT2D eigenvalue weighted by atomic mass is 19.4. The molecule has 36 heavy (non-hydrogen) atoms. The Balaban J connectivity index is 1.23. The smallest absolute Gasteiger partial charge is 0.349 e. The SMILES string of the molecule is Cc1ncccc1C(=O)N[C@H]1CC[C@](F)(CCN2CCc3ccc(CCC(F)(F)F)nc3CC2)CC1. The van der Waals surface area contributed by atoms with E-state index in [0.29, 0.717) is 62.0 Å². The second-order valence-electron chi connectivity index (χ2n) is 10.2. The standard InChI is InChI=1S/C27H34F4N4O/c1-19-23(3-2-15-32-19)25(36)34-22-6-11-26(28,12-7-22)14-18-35-16-9-20-4-5-21(8-13-27(29,30)31)33-24(20)10-17-35/h2-5,15,22H,6-14,16-18H2,1H3,(H,34,36)/t22-,26+. The first-order valence-corrected chi connectivity index (χ1v) is 12.8. The zero-order chi connectivity index (χ0) is 25.8. The van der Waals surface area contributed by atoms with Gasteiger partial charge in [-0.1, -0.05) is 6.07 Å². The van der Waals surface area contributed by atoms with Gasteiger partial charge in [0.2, 0.25) is 0 Å². The Morgan fingerprint density at radius 2 is 1.92 bits per heavy atom. The molecule has 4 rings (SSSR count). The van der Waals surface area contributed by atoms with Crippen molar-refractivity contribution in [2.45, 2.75) is 82.6 Å². The fourth-order valence-corrected chi connectivity index (χ4v) is 5.18. The van der Waals surface area contributed by atoms with Gasteiger partial charge in [-0.25, -0.2) is 4.39 Å². The summed E-state index contributed by atoms with van der Waals surface area (Å²) in [6.07, 6.45) is 0.427. The summed E-state index contributed by atoms with van der Waals surface area (Å²) in [5.41, 5.74) is 2.41. The molecule has 2 aliphatic rings. The highest BCUT2D eigenvalue weighted by Crippen LogP contribution is 2.35. The molecule has 1 amide bonds. The van der Waals surface area contributed by atoms with Crippen molar-refractivity contribution >= 4 is 5.91 Å². The number of alkyl halides is 4. The number of amides is 1. The lowest BCUT2D eigenvalue weighted by Crippen LogP contribution is -2.43. The van der Waals surface area contributed by atoms with Gasteiger partial charge >= 0.3 is 6.18 Å². The number of carbonyl (C=O) groups is 1. The molecule has 0 saturated heterocycles. The molecule has 0 unspecified atom stereocenters. The molecular formula is C27H34F4N4O. The molecule has 1 saturated carbocycles. The van der Waals surface area contributed by atoms with Gasteiger partial charge in [0.1, 0.15) is 5.67 Å². The van der Waals surface area contributed by atoms with E-state index in [1.807, 2.05) is 6.07 Å². The Morgan fingerprint density at radius 1 is 1.17 bits per heavy atom. The lowest BCUT2D eigenvalue weighted by atomic mass is 9.81. The molecule has 1 aliphatic carbocycles. The van der Waals surface area contributed by atoms with Crippen molar-refractivity contribution in [1.82, 2.24) is 20.2 Å². The van der Waals surface area contributed by atoms with Crippen LogP contribution in [0.2, 0.25) is 0 Å². The number of nitrogens with one attached hydrogen (secondary N) is 1. The van der Waals surface area contributed by atoms with E-state index in [1.54, 1.807) is 31.3 Å². The fourth-order valence-electron chi connectivity index (χ4n) is 5.18. The van der Waals surface area contributed by atoms with Crippen molar-refractivity contribution in [1.29, 1.82) is 0 Å². The summed E-state index contributed by atoms with van der Waals surface area (Å²) in [6, 6.07) is 7.05. The summed E-state index contributed by atoms with van der Waals surface area (Å²) < 4.78 is 53.2. The van der Waals surface area contributed by atoms with Crippen LogP contribution >= 0.6 is 0 Å². The molecule has 1 N–H and O–H groups in total. The van der Waals surface area contributed by atoms with Crippen molar-refractivity contribution < 1.29 is 22.4 Å². The van der Waals surface area contributed by atoms with Gasteiger partial charge in [-0.05, 0) is 75.6 Å². The normalized spacial score (nSPS) is 23.1. The van der Waals surface area contributed by atoms with Crippen LogP contribution in [0.5, 0.6) is 0 Å². The number of rotatable bonds is 7. The number of nitrogens with zero attached hydrogens (tertiary/aromatic N) is 3. The van der Waals surface area contributed by atoms with E-state index in [4.69, 9.17) is 0 Å². The monoisotopic (exact) mass is 506 g/mol. The number of hydrogen-bond donors (Lipinski definition) is 1. The molecule has 5 nitrogen and oxygen atoms in total. The van der Waals surface area contributed by atoms with E-state index in [9.17, 15) is 18.0 Å². The first-order chi connectivity index (χ1) is 17.1. The van der Waals surface area contributed by atoms with Gasteiger partial charge in [-0.3, -0.25) is 14.8 Å². The van der Waals surface area contributed by atoms with Crippen molar-refractivity contribution in [3.8, 4) is 0 Å². The van der Waals surface area contributed by atoms with Crippen LogP contribution in [0.3, 0.4) is 0 Å². The topological polar surface area (TPSA) is 58.1 Å². The van der Waals surface area contributed by atoms with E-state index in [2.05, 4.69) is 20.2 Å². The zero-order valence-corrected chi connectivity index (χ0v) is 20.7. The van der Waals surface area contributed by atoms with Crippen LogP contribution in [-0.4, -0.2) is 58.3 Å². The van der Waals surface area contributed by atoms with Crippen LogP contribution in [0.15, 0.2) is 30.5 Å². The van der Waals surface area contributed by atoms with Gasteiger partial charge in [0, 0.05) is 61.8 Å². The average Bonchev–Trinajstić information content (AvgIpc) is 3.05. The molecule has 3 heterocycles. The number of halogens is 4. The molecule has 2 aromatic rings. The number of pyridine rings is 2. The third kappa shape index (κ3) is 7.24. The number of hydrogen-bond acceptors (Lipinski definition) is 4. The fraction of sp³-hybridized carbons (Fsp3) is 0.593. The number of fused-ring (bicyclic) bond motifs is 1. The maximum Gasteiger partial charge on any atom is 0.389 e. The Bertz CT molecular complexity index is 1050. The van der Waals surface area contributed by atoms with Crippen LogP contribution in [0.4, 0.5) is 17.6 Å². The molecule has 0 bridgehead atoms. The molecule has 1 fully saturated rings. The van der Waals surface area contributed by atoms with Crippen molar-refractivity contribution in [2.75, 3.05) is 19.6 Å². The predicted molar refractivity (Wildman–Crippen MR) is 130 cm³/mol. The van der Waals surface area contributed by atoms with Gasteiger partial charge in [0.05, 0.1) is 5.56 Å². The Kier molecular flexibility index (Phi) is 8.27. The Morgan fingerprint density at radius 3 is 2.64 bits per heavy atom. The summed E-state index contributed by atoms with van der Waals surface area (Å²) in [5.74, 6) is -0.156. The maximum absolute atomic E-state index is 15.6. The Hall–Kier alpha value is -2.55. The van der Waals surface area contributed by atoms with E-state index >= 15 is 4.39 Å². The molecule has 2 aromatic heterocycles. The van der Waals surface area contributed by atoms with Crippen LogP contribution in [-0.2, 0) is 19.3 Å². The summed E-state index contributed by atoms with van der Waals surface area (Å²) >= 11 is 0. The van der Waals surface area contributed by atoms with Crippen molar-refractivity contribution in [3.63, 3.8) is 0 Å². The minimum absolute atomic E-state index is 0.0358. The van der Waals surface area contributed by atoms with Crippen molar-refractivity contribution in [2.24, 2.45) is 0 Å². The van der Waals surface area contributed by atoms with Crippen molar-refractivity contribution in [3.05, 3.63) is 58.7 Å². The summed E-state index contributed by atoms with van der Waals surface area (Å²) in [7, 11) is 0. The minimum atomic E-state index is -4.18. The summed E-state index contributed by atoms with van der Waals surface area (Å²) in [4.78, 5) is 23.4. The molecule has 0 radical (unpaired) electrons. The second-order valence-corrected chi connectivity index (χ2v) is 10.2. The second kappa shape index (κ2) is 11.2. The van der Waals surface area contributed by atoms with E-state index in [-0.39, 0.29) is 18.4 Å². The summed E-state index contributed by atoms with van der Waals surface area (Å²) in [6.45, 7) is 3.95. The first kappa shape index (κ1) is 26.5. The molecule has 9 heteroatoms. The first-order valence-electron chi connectivity index (χ1n) is 12.8. The van der Waals surface area contributed by atoms with Gasteiger partial charge in [-0.15, -0.1) is 0 Å². The highest BCUT2D eigenvalue weighted by molar-refractivity contribution is 5.95. The zero-order valence-electron chi connectivity index (χ0n) is 20.7. The van der Waals surface area contributed by atoms with E-state index in [0.717, 1.165) is 30.8 Å². The van der Waals surface area contributed by atoms with E-state index < -0.39 is 18.3 Å². The molecule has 0 atom stereocenters. The molecular weight excluding hydrogens is 472 g/mol.